The van der Waals surface area contributed by atoms with Crippen LogP contribution in [0.4, 0.5) is 4.39 Å². The number of hydrogen-bond acceptors (Lipinski definition) is 2. The van der Waals surface area contributed by atoms with Crippen molar-refractivity contribution in [3.8, 4) is 0 Å². The Balaban J connectivity index is 2.22. The van der Waals surface area contributed by atoms with Crippen molar-refractivity contribution in [1.82, 2.24) is 5.32 Å². The van der Waals surface area contributed by atoms with Crippen LogP contribution >= 0.6 is 11.6 Å². The summed E-state index contributed by atoms with van der Waals surface area (Å²) in [6.45, 7) is 0.818. The number of hydrogen-bond donors (Lipinski definition) is 1. The lowest BCUT2D eigenvalue weighted by Gasteiger charge is -2.22. The van der Waals surface area contributed by atoms with Crippen LogP contribution in [-0.4, -0.2) is 18.4 Å². The van der Waals surface area contributed by atoms with Crippen molar-refractivity contribution in [2.75, 3.05) is 6.54 Å². The van der Waals surface area contributed by atoms with Gasteiger partial charge in [-0.15, -0.1) is 0 Å². The minimum absolute atomic E-state index is 0.0897. The van der Waals surface area contributed by atoms with E-state index in [1.807, 2.05) is 0 Å². The molecule has 16 heavy (non-hydrogen) atoms. The molecule has 2 nitrogen and oxygen atoms in total. The van der Waals surface area contributed by atoms with Gasteiger partial charge in [-0.2, -0.15) is 0 Å². The van der Waals surface area contributed by atoms with Crippen molar-refractivity contribution in [3.63, 3.8) is 0 Å². The highest BCUT2D eigenvalue weighted by Crippen LogP contribution is 2.19. The third-order valence-electron chi connectivity index (χ3n) is 2.82. The molecule has 1 aliphatic heterocycles. The quantitative estimate of drug-likeness (QED) is 0.807. The van der Waals surface area contributed by atoms with E-state index >= 15 is 0 Å². The van der Waals surface area contributed by atoms with Crippen LogP contribution in [0, 0.1) is 5.82 Å². The Kier molecular flexibility index (Phi) is 3.56. The number of piperidine rings is 1. The second-order valence-corrected chi connectivity index (χ2v) is 4.43. The number of Topliss-reactive ketones (excluding diaryl/α,β-unsaturated/α-hetero) is 1. The van der Waals surface area contributed by atoms with Crippen LogP contribution in [0.15, 0.2) is 18.2 Å². The van der Waals surface area contributed by atoms with Gasteiger partial charge in [-0.3, -0.25) is 4.79 Å². The standard InChI is InChI=1S/C12H13ClFNO/c13-8-4-5-10(14)9(7-8)12(16)11-3-1-2-6-15-11/h4-5,7,11,15H,1-3,6H2. The normalized spacial score (nSPS) is 20.8. The molecule has 1 aromatic carbocycles. The van der Waals surface area contributed by atoms with Crippen molar-refractivity contribution in [2.45, 2.75) is 25.3 Å². The van der Waals surface area contributed by atoms with Crippen molar-refractivity contribution in [1.29, 1.82) is 0 Å². The van der Waals surface area contributed by atoms with Crippen LogP contribution in [-0.2, 0) is 0 Å². The Morgan fingerprint density at radius 1 is 1.44 bits per heavy atom. The van der Waals surface area contributed by atoms with Crippen molar-refractivity contribution < 1.29 is 9.18 Å². The molecule has 1 heterocycles. The number of benzene rings is 1. The van der Waals surface area contributed by atoms with Gasteiger partial charge in [0.05, 0.1) is 11.6 Å². The zero-order valence-electron chi connectivity index (χ0n) is 8.80. The van der Waals surface area contributed by atoms with Gasteiger partial charge in [0.25, 0.3) is 0 Å². The molecule has 1 N–H and O–H groups in total. The van der Waals surface area contributed by atoms with Crippen molar-refractivity contribution >= 4 is 17.4 Å². The number of rotatable bonds is 2. The third-order valence-corrected chi connectivity index (χ3v) is 3.06. The lowest BCUT2D eigenvalue weighted by Crippen LogP contribution is -2.40. The fraction of sp³-hybridized carbons (Fsp3) is 0.417. The molecular formula is C12H13ClFNO. The summed E-state index contributed by atoms with van der Waals surface area (Å²) < 4.78 is 13.5. The molecular weight excluding hydrogens is 229 g/mol. The first-order valence-electron chi connectivity index (χ1n) is 5.41. The Labute approximate surface area is 98.8 Å². The number of nitrogens with one attached hydrogen (secondary N) is 1. The lowest BCUT2D eigenvalue weighted by atomic mass is 9.96. The highest BCUT2D eigenvalue weighted by molar-refractivity contribution is 6.31. The Morgan fingerprint density at radius 2 is 2.25 bits per heavy atom. The van der Waals surface area contributed by atoms with Gasteiger partial charge in [0.2, 0.25) is 0 Å². The summed E-state index contributed by atoms with van der Waals surface area (Å²) in [5.41, 5.74) is 0.0897. The van der Waals surface area contributed by atoms with E-state index in [0.29, 0.717) is 5.02 Å². The summed E-state index contributed by atoms with van der Waals surface area (Å²) in [7, 11) is 0. The molecule has 1 aliphatic rings. The monoisotopic (exact) mass is 241 g/mol. The molecule has 0 aliphatic carbocycles. The predicted molar refractivity (Wildman–Crippen MR) is 61.4 cm³/mol. The van der Waals surface area contributed by atoms with Crippen LogP contribution in [0.25, 0.3) is 0 Å². The Hall–Kier alpha value is -0.930. The summed E-state index contributed by atoms with van der Waals surface area (Å²) >= 11 is 5.76. The second-order valence-electron chi connectivity index (χ2n) is 3.99. The SMILES string of the molecule is O=C(c1cc(Cl)ccc1F)C1CCCCN1. The molecule has 1 saturated heterocycles. The number of carbonyl (C=O) groups is 1. The first-order chi connectivity index (χ1) is 7.68. The maximum absolute atomic E-state index is 13.5. The molecule has 2 rings (SSSR count). The first-order valence-corrected chi connectivity index (χ1v) is 5.79. The van der Waals surface area contributed by atoms with Crippen LogP contribution in [0.2, 0.25) is 5.02 Å². The van der Waals surface area contributed by atoms with Gasteiger partial charge < -0.3 is 5.32 Å². The lowest BCUT2D eigenvalue weighted by molar-refractivity contribution is 0.0923. The number of carbonyl (C=O) groups excluding carboxylic acids is 1. The molecule has 0 bridgehead atoms. The molecule has 1 atom stereocenters. The number of halogens is 2. The highest BCUT2D eigenvalue weighted by atomic mass is 35.5. The first kappa shape index (κ1) is 11.6. The van der Waals surface area contributed by atoms with Crippen LogP contribution in [0.5, 0.6) is 0 Å². The van der Waals surface area contributed by atoms with Crippen LogP contribution < -0.4 is 5.32 Å². The van der Waals surface area contributed by atoms with E-state index in [9.17, 15) is 9.18 Å². The van der Waals surface area contributed by atoms with Gasteiger partial charge in [-0.05, 0) is 37.6 Å². The molecule has 0 spiro atoms. The third kappa shape index (κ3) is 2.42. The Bertz CT molecular complexity index is 402. The van der Waals surface area contributed by atoms with Crippen molar-refractivity contribution in [3.05, 3.63) is 34.6 Å². The van der Waals surface area contributed by atoms with E-state index in [1.54, 1.807) is 0 Å². The van der Waals surface area contributed by atoms with E-state index in [0.717, 1.165) is 25.8 Å². The highest BCUT2D eigenvalue weighted by Gasteiger charge is 2.24. The van der Waals surface area contributed by atoms with Gasteiger partial charge in [-0.25, -0.2) is 4.39 Å². The van der Waals surface area contributed by atoms with Crippen LogP contribution in [0.1, 0.15) is 29.6 Å². The summed E-state index contributed by atoms with van der Waals surface area (Å²) in [5.74, 6) is -0.693. The van der Waals surface area contributed by atoms with Crippen molar-refractivity contribution in [2.24, 2.45) is 0 Å². The van der Waals surface area contributed by atoms with E-state index in [1.165, 1.54) is 18.2 Å². The molecule has 86 valence electrons. The second kappa shape index (κ2) is 4.93. The fourth-order valence-corrected chi connectivity index (χ4v) is 2.12. The van der Waals surface area contributed by atoms with Gasteiger partial charge >= 0.3 is 0 Å². The summed E-state index contributed by atoms with van der Waals surface area (Å²) in [6.07, 6.45) is 2.85. The minimum atomic E-state index is -0.498. The summed E-state index contributed by atoms with van der Waals surface area (Å²) in [6, 6.07) is 3.82. The zero-order chi connectivity index (χ0) is 11.5. The predicted octanol–water partition coefficient (Wildman–Crippen LogP) is 2.80. The molecule has 0 radical (unpaired) electrons. The average molecular weight is 242 g/mol. The van der Waals surface area contributed by atoms with E-state index < -0.39 is 5.82 Å². The van der Waals surface area contributed by atoms with E-state index in [-0.39, 0.29) is 17.4 Å². The summed E-state index contributed by atoms with van der Waals surface area (Å²) in [4.78, 5) is 12.0. The van der Waals surface area contributed by atoms with E-state index in [4.69, 9.17) is 11.6 Å². The fourth-order valence-electron chi connectivity index (χ4n) is 1.95. The molecule has 0 aromatic heterocycles. The molecule has 1 fully saturated rings. The molecule has 1 aromatic rings. The molecule has 4 heteroatoms. The molecule has 0 amide bonds. The molecule has 1 unspecified atom stereocenters. The topological polar surface area (TPSA) is 29.1 Å². The van der Waals surface area contributed by atoms with Gasteiger partial charge in [-0.1, -0.05) is 18.0 Å². The average Bonchev–Trinajstić information content (AvgIpc) is 2.32. The Morgan fingerprint density at radius 3 is 2.94 bits per heavy atom. The largest absolute Gasteiger partial charge is 0.307 e. The van der Waals surface area contributed by atoms with Gasteiger partial charge in [0, 0.05) is 5.02 Å². The maximum Gasteiger partial charge on any atom is 0.182 e. The van der Waals surface area contributed by atoms with Crippen LogP contribution in [0.3, 0.4) is 0 Å². The zero-order valence-corrected chi connectivity index (χ0v) is 9.56. The van der Waals surface area contributed by atoms with E-state index in [2.05, 4.69) is 5.32 Å². The van der Waals surface area contributed by atoms with Gasteiger partial charge in [0.1, 0.15) is 5.82 Å². The maximum atomic E-state index is 13.5. The summed E-state index contributed by atoms with van der Waals surface area (Å²) in [5, 5.41) is 3.49. The smallest absolute Gasteiger partial charge is 0.182 e. The molecule has 0 saturated carbocycles. The minimum Gasteiger partial charge on any atom is -0.307 e. The van der Waals surface area contributed by atoms with Gasteiger partial charge in [0.15, 0.2) is 5.78 Å². The number of ketones is 1.